The largest absolute Gasteiger partial charge is 0.352 e. The zero-order valence-corrected chi connectivity index (χ0v) is 12.9. The van der Waals surface area contributed by atoms with E-state index in [9.17, 15) is 14.0 Å². The van der Waals surface area contributed by atoms with Gasteiger partial charge in [0.2, 0.25) is 5.91 Å². The van der Waals surface area contributed by atoms with Crippen molar-refractivity contribution in [3.63, 3.8) is 0 Å². The number of hydrogen-bond acceptors (Lipinski definition) is 2. The topological polar surface area (TPSA) is 58.2 Å². The minimum atomic E-state index is -0.642. The summed E-state index contributed by atoms with van der Waals surface area (Å²) in [7, 11) is 0. The van der Waals surface area contributed by atoms with Crippen molar-refractivity contribution in [3.05, 3.63) is 63.9 Å². The molecule has 0 aliphatic carbocycles. The van der Waals surface area contributed by atoms with Crippen LogP contribution in [0.1, 0.15) is 21.5 Å². The highest BCUT2D eigenvalue weighted by atomic mass is 35.5. The monoisotopic (exact) mass is 332 g/mol. The van der Waals surface area contributed by atoms with Gasteiger partial charge in [-0.25, -0.2) is 4.39 Å². The number of rotatable bonds is 4. The van der Waals surface area contributed by atoms with E-state index < -0.39 is 11.7 Å². The van der Waals surface area contributed by atoms with Crippen LogP contribution < -0.4 is 10.6 Å². The number of nitrogens with one attached hydrogen (secondary N) is 2. The van der Waals surface area contributed by atoms with E-state index in [4.69, 9.17) is 11.6 Å². The van der Waals surface area contributed by atoms with Crippen LogP contribution in [0.3, 0.4) is 0 Å². The number of carbonyl (C=O) groups is 2. The fourth-order valence-corrected chi connectivity index (χ4v) is 2.81. The average molecular weight is 333 g/mol. The highest BCUT2D eigenvalue weighted by Crippen LogP contribution is 2.24. The van der Waals surface area contributed by atoms with Crippen molar-refractivity contribution < 1.29 is 14.0 Å². The molecular weight excluding hydrogens is 319 g/mol. The van der Waals surface area contributed by atoms with Crippen molar-refractivity contribution in [1.29, 1.82) is 0 Å². The summed E-state index contributed by atoms with van der Waals surface area (Å²) in [5, 5.41) is 5.52. The molecule has 1 aliphatic heterocycles. The number of halogens is 2. The molecule has 23 heavy (non-hydrogen) atoms. The van der Waals surface area contributed by atoms with E-state index in [0.29, 0.717) is 19.4 Å². The van der Waals surface area contributed by atoms with Gasteiger partial charge in [0.05, 0.1) is 17.0 Å². The molecule has 1 aliphatic rings. The Labute approximate surface area is 137 Å². The number of carbonyl (C=O) groups excluding carboxylic acids is 2. The molecular formula is C17H14ClFN2O2. The van der Waals surface area contributed by atoms with E-state index in [0.717, 1.165) is 16.8 Å². The van der Waals surface area contributed by atoms with Gasteiger partial charge in [0.1, 0.15) is 5.82 Å². The zero-order chi connectivity index (χ0) is 16.4. The first-order valence-corrected chi connectivity index (χ1v) is 7.56. The Morgan fingerprint density at radius 3 is 2.91 bits per heavy atom. The molecule has 2 aromatic carbocycles. The van der Waals surface area contributed by atoms with E-state index in [-0.39, 0.29) is 16.5 Å². The lowest BCUT2D eigenvalue weighted by atomic mass is 10.1. The van der Waals surface area contributed by atoms with Gasteiger partial charge in [0.25, 0.3) is 5.91 Å². The van der Waals surface area contributed by atoms with Gasteiger partial charge in [-0.1, -0.05) is 29.8 Å². The van der Waals surface area contributed by atoms with E-state index >= 15 is 0 Å². The number of fused-ring (bicyclic) bond motifs is 1. The first-order chi connectivity index (χ1) is 11.0. The van der Waals surface area contributed by atoms with Crippen molar-refractivity contribution >= 4 is 29.1 Å². The van der Waals surface area contributed by atoms with Crippen LogP contribution in [0, 0.1) is 5.82 Å². The average Bonchev–Trinajstić information content (AvgIpc) is 2.86. The molecule has 4 nitrogen and oxygen atoms in total. The summed E-state index contributed by atoms with van der Waals surface area (Å²) in [5.41, 5.74) is 2.65. The molecule has 0 bridgehead atoms. The summed E-state index contributed by atoms with van der Waals surface area (Å²) >= 11 is 5.86. The second-order valence-corrected chi connectivity index (χ2v) is 5.73. The van der Waals surface area contributed by atoms with E-state index in [1.807, 2.05) is 18.2 Å². The molecule has 0 unspecified atom stereocenters. The third-order valence-corrected chi connectivity index (χ3v) is 4.00. The normalized spacial score (nSPS) is 12.7. The first-order valence-electron chi connectivity index (χ1n) is 7.18. The molecule has 0 spiro atoms. The Bertz CT molecular complexity index is 772. The molecule has 2 amide bonds. The minimum absolute atomic E-state index is 0.0142. The van der Waals surface area contributed by atoms with Gasteiger partial charge in [-0.15, -0.1) is 0 Å². The maximum atomic E-state index is 13.7. The standard InChI is InChI=1S/C17H14ClFN2O2/c18-12-2-1-3-13(19)16(12)17(23)20-7-6-10-4-5-14-11(8-10)9-15(22)21-14/h1-5,8H,6-7,9H2,(H,20,23)(H,21,22). The molecule has 0 radical (unpaired) electrons. The predicted molar refractivity (Wildman–Crippen MR) is 86.2 cm³/mol. The lowest BCUT2D eigenvalue weighted by Gasteiger charge is -2.08. The molecule has 0 fully saturated rings. The molecule has 0 aromatic heterocycles. The third kappa shape index (κ3) is 3.35. The predicted octanol–water partition coefficient (Wildman–Crippen LogP) is 2.95. The lowest BCUT2D eigenvalue weighted by molar-refractivity contribution is -0.115. The summed E-state index contributed by atoms with van der Waals surface area (Å²) in [6, 6.07) is 9.82. The minimum Gasteiger partial charge on any atom is -0.352 e. The third-order valence-electron chi connectivity index (χ3n) is 3.68. The Morgan fingerprint density at radius 2 is 2.13 bits per heavy atom. The smallest absolute Gasteiger partial charge is 0.255 e. The van der Waals surface area contributed by atoms with Gasteiger partial charge in [-0.3, -0.25) is 9.59 Å². The van der Waals surface area contributed by atoms with Gasteiger partial charge in [-0.2, -0.15) is 0 Å². The maximum absolute atomic E-state index is 13.7. The molecule has 2 aromatic rings. The number of hydrogen-bond donors (Lipinski definition) is 2. The second kappa shape index (κ2) is 6.38. The highest BCUT2D eigenvalue weighted by molar-refractivity contribution is 6.33. The van der Waals surface area contributed by atoms with Crippen LogP contribution in [0.25, 0.3) is 0 Å². The fourth-order valence-electron chi connectivity index (χ4n) is 2.56. The maximum Gasteiger partial charge on any atom is 0.255 e. The summed E-state index contributed by atoms with van der Waals surface area (Å²) in [4.78, 5) is 23.3. The molecule has 118 valence electrons. The van der Waals surface area contributed by atoms with E-state index in [2.05, 4.69) is 10.6 Å². The van der Waals surface area contributed by atoms with E-state index in [1.54, 1.807) is 0 Å². The van der Waals surface area contributed by atoms with Crippen molar-refractivity contribution in [2.75, 3.05) is 11.9 Å². The first kappa shape index (κ1) is 15.5. The van der Waals surface area contributed by atoms with Crippen molar-refractivity contribution in [2.24, 2.45) is 0 Å². The van der Waals surface area contributed by atoms with Crippen LogP contribution in [0.4, 0.5) is 10.1 Å². The van der Waals surface area contributed by atoms with Crippen molar-refractivity contribution in [2.45, 2.75) is 12.8 Å². The quantitative estimate of drug-likeness (QED) is 0.904. The Kier molecular flexibility index (Phi) is 4.30. The number of benzene rings is 2. The van der Waals surface area contributed by atoms with Gasteiger partial charge in [-0.05, 0) is 35.7 Å². The molecule has 0 atom stereocenters. The lowest BCUT2D eigenvalue weighted by Crippen LogP contribution is -2.26. The van der Waals surface area contributed by atoms with Crippen LogP contribution in [-0.4, -0.2) is 18.4 Å². The van der Waals surface area contributed by atoms with Crippen LogP contribution >= 0.6 is 11.6 Å². The molecule has 0 saturated carbocycles. The summed E-state index contributed by atoms with van der Waals surface area (Å²) in [6.07, 6.45) is 0.958. The molecule has 0 saturated heterocycles. The fraction of sp³-hybridized carbons (Fsp3) is 0.176. The molecule has 1 heterocycles. The van der Waals surface area contributed by atoms with Crippen LogP contribution in [-0.2, 0) is 17.6 Å². The summed E-state index contributed by atoms with van der Waals surface area (Å²) in [5.74, 6) is -1.19. The highest BCUT2D eigenvalue weighted by Gasteiger charge is 2.18. The van der Waals surface area contributed by atoms with Gasteiger partial charge in [0, 0.05) is 12.2 Å². The van der Waals surface area contributed by atoms with Gasteiger partial charge >= 0.3 is 0 Å². The molecule has 2 N–H and O–H groups in total. The molecule has 6 heteroatoms. The molecule has 3 rings (SSSR count). The Morgan fingerprint density at radius 1 is 1.30 bits per heavy atom. The zero-order valence-electron chi connectivity index (χ0n) is 12.2. The summed E-state index contributed by atoms with van der Waals surface area (Å²) in [6.45, 7) is 0.351. The number of anilines is 1. The van der Waals surface area contributed by atoms with E-state index in [1.165, 1.54) is 18.2 Å². The van der Waals surface area contributed by atoms with Crippen molar-refractivity contribution in [3.8, 4) is 0 Å². The van der Waals surface area contributed by atoms with Crippen molar-refractivity contribution in [1.82, 2.24) is 5.32 Å². The van der Waals surface area contributed by atoms with Gasteiger partial charge < -0.3 is 10.6 Å². The second-order valence-electron chi connectivity index (χ2n) is 5.32. The SMILES string of the molecule is O=C1Cc2cc(CCNC(=O)c3c(F)cccc3Cl)ccc2N1. The van der Waals surface area contributed by atoms with Gasteiger partial charge in [0.15, 0.2) is 0 Å². The van der Waals surface area contributed by atoms with Crippen LogP contribution in [0.5, 0.6) is 0 Å². The Balaban J connectivity index is 1.61. The Hall–Kier alpha value is -2.40. The number of amides is 2. The van der Waals surface area contributed by atoms with Crippen LogP contribution in [0.15, 0.2) is 36.4 Å². The van der Waals surface area contributed by atoms with Crippen LogP contribution in [0.2, 0.25) is 5.02 Å². The summed E-state index contributed by atoms with van der Waals surface area (Å²) < 4.78 is 13.7.